The minimum absolute atomic E-state index is 0.120. The molecule has 6 heteroatoms. The van der Waals surface area contributed by atoms with E-state index in [1.54, 1.807) is 0 Å². The average Bonchev–Trinajstić information content (AvgIpc) is 2.90. The molecule has 0 radical (unpaired) electrons. The molecule has 1 aliphatic rings. The largest absolute Gasteiger partial charge is 0.377 e. The Bertz CT molecular complexity index is 935. The van der Waals surface area contributed by atoms with E-state index in [-0.39, 0.29) is 5.91 Å². The van der Waals surface area contributed by atoms with Crippen LogP contribution in [0.5, 0.6) is 0 Å². The van der Waals surface area contributed by atoms with E-state index in [2.05, 4.69) is 40.1 Å². The van der Waals surface area contributed by atoms with Crippen LogP contribution in [0.3, 0.4) is 0 Å². The van der Waals surface area contributed by atoms with E-state index >= 15 is 0 Å². The zero-order chi connectivity index (χ0) is 18.8. The summed E-state index contributed by atoms with van der Waals surface area (Å²) >= 11 is 4.94. The maximum Gasteiger partial charge on any atom is 0.264 e. The van der Waals surface area contributed by atoms with Gasteiger partial charge >= 0.3 is 0 Å². The van der Waals surface area contributed by atoms with Crippen LogP contribution in [0.1, 0.15) is 16.7 Å². The molecule has 2 aromatic rings. The van der Waals surface area contributed by atoms with Crippen molar-refractivity contribution in [1.82, 2.24) is 5.32 Å². The molecule has 1 heterocycles. The number of carbonyl (C=O) groups excluding carboxylic acids is 1. The lowest BCUT2D eigenvalue weighted by Gasteiger charge is -2.14. The summed E-state index contributed by atoms with van der Waals surface area (Å²) in [5, 5.41) is 3.44. The van der Waals surface area contributed by atoms with Gasteiger partial charge in [0.2, 0.25) is 0 Å². The molecule has 2 aromatic carbocycles. The van der Waals surface area contributed by atoms with Gasteiger partial charge in [-0.05, 0) is 88.6 Å². The van der Waals surface area contributed by atoms with Gasteiger partial charge in [0, 0.05) is 18.6 Å². The van der Waals surface area contributed by atoms with Gasteiger partial charge in [-0.25, -0.2) is 4.99 Å². The molecule has 26 heavy (non-hydrogen) atoms. The van der Waals surface area contributed by atoms with Crippen molar-refractivity contribution in [3.05, 3.63) is 62.5 Å². The molecule has 0 aliphatic carbocycles. The second-order valence-electron chi connectivity index (χ2n) is 6.36. The van der Waals surface area contributed by atoms with Crippen LogP contribution in [0.4, 0.5) is 11.4 Å². The average molecular weight is 430 g/mol. The lowest BCUT2D eigenvalue weighted by molar-refractivity contribution is -0.115. The number of carbonyl (C=O) groups is 1. The molecule has 1 saturated heterocycles. The van der Waals surface area contributed by atoms with Crippen molar-refractivity contribution in [1.29, 1.82) is 0 Å². The number of nitrogens with zero attached hydrogens (tertiary/aromatic N) is 2. The van der Waals surface area contributed by atoms with Gasteiger partial charge in [0.25, 0.3) is 5.91 Å². The van der Waals surface area contributed by atoms with Crippen LogP contribution in [-0.4, -0.2) is 25.2 Å². The van der Waals surface area contributed by atoms with E-state index in [9.17, 15) is 4.79 Å². The Morgan fingerprint density at radius 1 is 1.12 bits per heavy atom. The molecular formula is C20H20BrN3OS. The van der Waals surface area contributed by atoms with Crippen molar-refractivity contribution in [2.45, 2.75) is 13.8 Å². The first-order valence-corrected chi connectivity index (χ1v) is 9.78. The number of aliphatic imine (C=N–C) groups is 1. The number of nitrogens with one attached hydrogen (secondary N) is 1. The van der Waals surface area contributed by atoms with Gasteiger partial charge in [0.1, 0.15) is 0 Å². The molecule has 1 amide bonds. The molecule has 0 aromatic heterocycles. The number of benzene rings is 2. The Kier molecular flexibility index (Phi) is 5.53. The van der Waals surface area contributed by atoms with Gasteiger partial charge < -0.3 is 10.2 Å². The molecular weight excluding hydrogens is 410 g/mol. The summed E-state index contributed by atoms with van der Waals surface area (Å²) in [6.45, 7) is 4.12. The van der Waals surface area contributed by atoms with Gasteiger partial charge in [0.15, 0.2) is 5.17 Å². The monoisotopic (exact) mass is 429 g/mol. The molecule has 1 N–H and O–H groups in total. The number of halogens is 1. The van der Waals surface area contributed by atoms with Crippen molar-refractivity contribution in [3.8, 4) is 0 Å². The first-order valence-electron chi connectivity index (χ1n) is 8.17. The summed E-state index contributed by atoms with van der Waals surface area (Å²) in [5.41, 5.74) is 5.31. The van der Waals surface area contributed by atoms with Crippen LogP contribution in [0.25, 0.3) is 6.08 Å². The predicted molar refractivity (Wildman–Crippen MR) is 115 cm³/mol. The number of thioether (sulfide) groups is 1. The molecule has 1 fully saturated rings. The molecule has 134 valence electrons. The summed E-state index contributed by atoms with van der Waals surface area (Å²) in [6, 6.07) is 12.1. The topological polar surface area (TPSA) is 44.7 Å². The van der Waals surface area contributed by atoms with Gasteiger partial charge in [-0.1, -0.05) is 12.1 Å². The Labute approximate surface area is 166 Å². The minimum Gasteiger partial charge on any atom is -0.377 e. The van der Waals surface area contributed by atoms with Crippen molar-refractivity contribution < 1.29 is 4.79 Å². The number of anilines is 1. The summed E-state index contributed by atoms with van der Waals surface area (Å²) in [7, 11) is 3.99. The number of hydrogen-bond donors (Lipinski definition) is 1. The highest BCUT2D eigenvalue weighted by Gasteiger charge is 2.23. The van der Waals surface area contributed by atoms with E-state index in [1.165, 1.54) is 22.9 Å². The van der Waals surface area contributed by atoms with E-state index in [0.717, 1.165) is 21.4 Å². The summed E-state index contributed by atoms with van der Waals surface area (Å²) in [4.78, 5) is 19.5. The number of hydrogen-bond acceptors (Lipinski definition) is 4. The highest BCUT2D eigenvalue weighted by atomic mass is 79.9. The summed E-state index contributed by atoms with van der Waals surface area (Å²) in [5.74, 6) is -0.120. The number of aryl methyl sites for hydroxylation is 2. The Hall–Kier alpha value is -2.05. The van der Waals surface area contributed by atoms with E-state index in [4.69, 9.17) is 0 Å². The lowest BCUT2D eigenvalue weighted by atomic mass is 10.1. The molecule has 0 spiro atoms. The standard InChI is InChI=1S/C20H20BrN3OS/c1-12-5-7-15(9-13(12)2)22-20-23-19(25)18(26-20)11-14-6-8-17(24(3)4)16(21)10-14/h5-11H,1-4H3,(H,22,23,25)/b18-11+. The molecule has 3 rings (SSSR count). The first-order chi connectivity index (χ1) is 12.3. The quantitative estimate of drug-likeness (QED) is 0.696. The first kappa shape index (κ1) is 18.7. The van der Waals surface area contributed by atoms with Crippen molar-refractivity contribution in [2.24, 2.45) is 4.99 Å². The molecule has 0 bridgehead atoms. The lowest BCUT2D eigenvalue weighted by Crippen LogP contribution is -2.19. The zero-order valence-electron chi connectivity index (χ0n) is 15.1. The van der Waals surface area contributed by atoms with Crippen LogP contribution >= 0.6 is 27.7 Å². The smallest absolute Gasteiger partial charge is 0.264 e. The van der Waals surface area contributed by atoms with Crippen LogP contribution in [0, 0.1) is 13.8 Å². The van der Waals surface area contributed by atoms with E-state index < -0.39 is 0 Å². The van der Waals surface area contributed by atoms with Crippen molar-refractivity contribution in [3.63, 3.8) is 0 Å². The van der Waals surface area contributed by atoms with Crippen LogP contribution in [0.15, 0.2) is 50.8 Å². The second-order valence-corrected chi connectivity index (χ2v) is 8.24. The highest BCUT2D eigenvalue weighted by molar-refractivity contribution is 9.10. The summed E-state index contributed by atoms with van der Waals surface area (Å²) in [6.07, 6.45) is 1.88. The van der Waals surface area contributed by atoms with Gasteiger partial charge in [0.05, 0.1) is 16.3 Å². The maximum absolute atomic E-state index is 12.3. The van der Waals surface area contributed by atoms with E-state index in [0.29, 0.717) is 10.1 Å². The van der Waals surface area contributed by atoms with Crippen LogP contribution in [0.2, 0.25) is 0 Å². The van der Waals surface area contributed by atoms with Crippen molar-refractivity contribution >= 4 is 56.2 Å². The minimum atomic E-state index is -0.120. The zero-order valence-corrected chi connectivity index (χ0v) is 17.5. The van der Waals surface area contributed by atoms with Gasteiger partial charge in [-0.3, -0.25) is 4.79 Å². The molecule has 0 saturated carbocycles. The van der Waals surface area contributed by atoms with Gasteiger partial charge in [-0.15, -0.1) is 0 Å². The second kappa shape index (κ2) is 7.68. The Morgan fingerprint density at radius 2 is 1.88 bits per heavy atom. The molecule has 0 unspecified atom stereocenters. The fourth-order valence-electron chi connectivity index (χ4n) is 2.52. The Balaban J connectivity index is 1.83. The predicted octanol–water partition coefficient (Wildman–Crippen LogP) is 5.02. The van der Waals surface area contributed by atoms with Crippen molar-refractivity contribution in [2.75, 3.05) is 19.0 Å². The Morgan fingerprint density at radius 3 is 2.54 bits per heavy atom. The number of rotatable bonds is 3. The van der Waals surface area contributed by atoms with Crippen LogP contribution < -0.4 is 10.2 Å². The normalized spacial score (nSPS) is 17.0. The maximum atomic E-state index is 12.3. The number of amidine groups is 1. The molecule has 4 nitrogen and oxygen atoms in total. The fraction of sp³-hybridized carbons (Fsp3) is 0.200. The highest BCUT2D eigenvalue weighted by Crippen LogP contribution is 2.31. The SMILES string of the molecule is Cc1ccc(N=C2NC(=O)/C(=C\c3ccc(N(C)C)c(Br)c3)S2)cc1C. The third-order valence-electron chi connectivity index (χ3n) is 4.12. The van der Waals surface area contributed by atoms with Gasteiger partial charge in [-0.2, -0.15) is 0 Å². The fourth-order valence-corrected chi connectivity index (χ4v) is 4.11. The third-order valence-corrected chi connectivity index (χ3v) is 5.67. The summed E-state index contributed by atoms with van der Waals surface area (Å²) < 4.78 is 0.990. The molecule has 1 aliphatic heterocycles. The van der Waals surface area contributed by atoms with Crippen LogP contribution in [-0.2, 0) is 4.79 Å². The third kappa shape index (κ3) is 4.19. The van der Waals surface area contributed by atoms with E-state index in [1.807, 2.05) is 61.5 Å². The number of amides is 1. The molecule has 0 atom stereocenters.